The summed E-state index contributed by atoms with van der Waals surface area (Å²) >= 11 is 6.42. The fourth-order valence-electron chi connectivity index (χ4n) is 5.90. The summed E-state index contributed by atoms with van der Waals surface area (Å²) in [6, 6.07) is 13.8. The highest BCUT2D eigenvalue weighted by atomic mass is 35.5. The highest BCUT2D eigenvalue weighted by Gasteiger charge is 2.57. The van der Waals surface area contributed by atoms with E-state index in [-0.39, 0.29) is 60.8 Å². The molecule has 47 heavy (non-hydrogen) atoms. The summed E-state index contributed by atoms with van der Waals surface area (Å²) in [5.41, 5.74) is -1.67. The van der Waals surface area contributed by atoms with Gasteiger partial charge in [0.15, 0.2) is 16.7 Å². The molecule has 0 bridgehead atoms. The smallest absolute Gasteiger partial charge is 0.422 e. The number of aromatic nitrogens is 2. The number of fused-ring (bicyclic) bond motifs is 1. The van der Waals surface area contributed by atoms with Crippen molar-refractivity contribution in [1.82, 2.24) is 14.5 Å². The zero-order valence-corrected chi connectivity index (χ0v) is 27.1. The monoisotopic (exact) mass is 675 g/mol. The van der Waals surface area contributed by atoms with Crippen LogP contribution in [-0.2, 0) is 28.1 Å². The largest absolute Gasteiger partial charge is 0.497 e. The van der Waals surface area contributed by atoms with E-state index in [0.29, 0.717) is 41.2 Å². The van der Waals surface area contributed by atoms with Crippen molar-refractivity contribution in [2.24, 2.45) is 0 Å². The standard InChI is InChI=1S/C34H37ClF3N3O6/c1-4-46-30(42)18-23-7-10-28(29(17-23)45-3)47-25-12-15-40(16-13-25)21-33(43,34(36,37)38)27-20-41(31-26(27)11-14-39-32(31)35)19-22-5-8-24(44-2)9-6-22/h5-11,14,17,20,25,43H,4,12-13,15-16,18-19,21H2,1-3H3. The number of aliphatic hydroxyl groups is 1. The van der Waals surface area contributed by atoms with E-state index in [4.69, 9.17) is 30.5 Å². The Morgan fingerprint density at radius 1 is 1.02 bits per heavy atom. The number of benzene rings is 2. The summed E-state index contributed by atoms with van der Waals surface area (Å²) in [6.45, 7) is 2.09. The number of piperidine rings is 1. The minimum atomic E-state index is -4.99. The highest BCUT2D eigenvalue weighted by molar-refractivity contribution is 6.34. The summed E-state index contributed by atoms with van der Waals surface area (Å²) in [6.07, 6.45) is -1.67. The van der Waals surface area contributed by atoms with E-state index < -0.39 is 18.3 Å². The number of ether oxygens (including phenoxy) is 4. The van der Waals surface area contributed by atoms with Crippen molar-refractivity contribution in [3.8, 4) is 17.2 Å². The fourth-order valence-corrected chi connectivity index (χ4v) is 6.17. The third-order valence-corrected chi connectivity index (χ3v) is 8.61. The molecule has 0 spiro atoms. The number of carbonyl (C=O) groups excluding carboxylic acids is 1. The second-order valence-corrected chi connectivity index (χ2v) is 11.8. The maximum atomic E-state index is 14.9. The number of methoxy groups -OCH3 is 2. The third-order valence-electron chi connectivity index (χ3n) is 8.33. The van der Waals surface area contributed by atoms with Gasteiger partial charge >= 0.3 is 12.1 Å². The summed E-state index contributed by atoms with van der Waals surface area (Å²) in [7, 11) is 3.04. The van der Waals surface area contributed by atoms with Gasteiger partial charge in [0, 0.05) is 49.5 Å². The predicted molar refractivity (Wildman–Crippen MR) is 170 cm³/mol. The first-order valence-electron chi connectivity index (χ1n) is 15.2. The van der Waals surface area contributed by atoms with Crippen molar-refractivity contribution in [2.45, 2.75) is 50.6 Å². The van der Waals surface area contributed by atoms with Crippen molar-refractivity contribution < 1.29 is 42.0 Å². The molecule has 1 atom stereocenters. The lowest BCUT2D eigenvalue weighted by Crippen LogP contribution is -2.53. The Balaban J connectivity index is 1.33. The lowest BCUT2D eigenvalue weighted by molar-refractivity contribution is -0.272. The van der Waals surface area contributed by atoms with E-state index in [9.17, 15) is 23.1 Å². The van der Waals surface area contributed by atoms with Crippen molar-refractivity contribution in [3.05, 3.63) is 82.8 Å². The topological polar surface area (TPSA) is 95.3 Å². The van der Waals surface area contributed by atoms with E-state index in [0.717, 1.165) is 5.56 Å². The van der Waals surface area contributed by atoms with E-state index in [1.54, 1.807) is 53.8 Å². The Hall–Kier alpha value is -4.00. The van der Waals surface area contributed by atoms with Gasteiger partial charge in [-0.25, -0.2) is 4.98 Å². The first-order valence-corrected chi connectivity index (χ1v) is 15.6. The predicted octanol–water partition coefficient (Wildman–Crippen LogP) is 6.15. The lowest BCUT2D eigenvalue weighted by atomic mass is 9.91. The average Bonchev–Trinajstić information content (AvgIpc) is 3.42. The van der Waals surface area contributed by atoms with Crippen LogP contribution in [0.2, 0.25) is 5.15 Å². The maximum absolute atomic E-state index is 14.9. The van der Waals surface area contributed by atoms with Crippen molar-refractivity contribution >= 4 is 28.5 Å². The summed E-state index contributed by atoms with van der Waals surface area (Å²) in [5, 5.41) is 11.8. The second-order valence-electron chi connectivity index (χ2n) is 11.4. The molecule has 252 valence electrons. The molecule has 2 aromatic heterocycles. The number of carbonyl (C=O) groups is 1. The summed E-state index contributed by atoms with van der Waals surface area (Å²) in [4.78, 5) is 17.6. The normalized spacial score (nSPS) is 15.7. The first-order chi connectivity index (χ1) is 22.4. The number of alkyl halides is 3. The van der Waals surface area contributed by atoms with E-state index in [2.05, 4.69) is 4.98 Å². The molecule has 0 amide bonds. The van der Waals surface area contributed by atoms with Gasteiger partial charge in [0.05, 0.1) is 32.8 Å². The first kappa shape index (κ1) is 34.3. The van der Waals surface area contributed by atoms with Crippen LogP contribution < -0.4 is 14.2 Å². The number of esters is 1. The molecule has 1 unspecified atom stereocenters. The van der Waals surface area contributed by atoms with E-state index in [1.807, 2.05) is 12.1 Å². The zero-order valence-electron chi connectivity index (χ0n) is 26.3. The minimum Gasteiger partial charge on any atom is -0.497 e. The molecule has 2 aromatic carbocycles. The van der Waals surface area contributed by atoms with Gasteiger partial charge in [0.25, 0.3) is 0 Å². The molecule has 5 rings (SSSR count). The average molecular weight is 676 g/mol. The molecular weight excluding hydrogens is 639 g/mol. The third kappa shape index (κ3) is 7.61. The molecule has 1 aliphatic heterocycles. The molecule has 1 aliphatic rings. The molecule has 0 radical (unpaired) electrons. The van der Waals surface area contributed by atoms with Gasteiger partial charge in [-0.15, -0.1) is 0 Å². The van der Waals surface area contributed by atoms with Crippen LogP contribution in [0.4, 0.5) is 13.2 Å². The van der Waals surface area contributed by atoms with Crippen LogP contribution in [0.1, 0.15) is 36.5 Å². The Labute approximate surface area is 275 Å². The Kier molecular flexibility index (Phi) is 10.5. The number of hydrogen-bond donors (Lipinski definition) is 1. The number of likely N-dealkylation sites (tertiary alicyclic amines) is 1. The van der Waals surface area contributed by atoms with Gasteiger partial charge in [0.1, 0.15) is 11.9 Å². The molecular formula is C34H37ClF3N3O6. The zero-order chi connectivity index (χ0) is 33.8. The number of hydrogen-bond acceptors (Lipinski definition) is 8. The number of pyridine rings is 1. The van der Waals surface area contributed by atoms with Gasteiger partial charge in [-0.05, 0) is 61.2 Å². The van der Waals surface area contributed by atoms with Gasteiger partial charge < -0.3 is 28.6 Å². The molecule has 1 saturated heterocycles. The van der Waals surface area contributed by atoms with Crippen LogP contribution in [0.5, 0.6) is 17.2 Å². The lowest BCUT2D eigenvalue weighted by Gasteiger charge is -2.39. The molecule has 13 heteroatoms. The van der Waals surface area contributed by atoms with Crippen LogP contribution in [0.15, 0.2) is 60.9 Å². The molecule has 9 nitrogen and oxygen atoms in total. The molecule has 1 N–H and O–H groups in total. The van der Waals surface area contributed by atoms with Gasteiger partial charge in [-0.1, -0.05) is 29.8 Å². The maximum Gasteiger partial charge on any atom is 0.422 e. The van der Waals surface area contributed by atoms with Gasteiger partial charge in [-0.3, -0.25) is 9.69 Å². The fraction of sp³-hybridized carbons (Fsp3) is 0.412. The molecule has 1 fully saturated rings. The van der Waals surface area contributed by atoms with Gasteiger partial charge in [-0.2, -0.15) is 13.2 Å². The van der Waals surface area contributed by atoms with E-state index >= 15 is 0 Å². The minimum absolute atomic E-state index is 0.0362. The Morgan fingerprint density at radius 2 is 1.72 bits per heavy atom. The van der Waals surface area contributed by atoms with E-state index in [1.165, 1.54) is 25.6 Å². The van der Waals surface area contributed by atoms with Crippen molar-refractivity contribution in [1.29, 1.82) is 0 Å². The highest BCUT2D eigenvalue weighted by Crippen LogP contribution is 2.44. The molecule has 0 saturated carbocycles. The SMILES string of the molecule is CCOC(=O)Cc1ccc(OC2CCN(CC(O)(c3cn(Cc4ccc(OC)cc4)c4c(Cl)nccc34)C(F)(F)F)CC2)c(OC)c1. The quantitative estimate of drug-likeness (QED) is 0.141. The second kappa shape index (κ2) is 14.4. The van der Waals surface area contributed by atoms with Crippen molar-refractivity contribution in [2.75, 3.05) is 40.5 Å². The number of nitrogens with zero attached hydrogens (tertiary/aromatic N) is 3. The number of rotatable bonds is 12. The van der Waals surface area contributed by atoms with Gasteiger partial charge in [0.2, 0.25) is 5.60 Å². The van der Waals surface area contributed by atoms with Crippen LogP contribution in [0, 0.1) is 0 Å². The van der Waals surface area contributed by atoms with Crippen LogP contribution in [0.3, 0.4) is 0 Å². The Bertz CT molecular complexity index is 1690. The molecule has 0 aliphatic carbocycles. The van der Waals surface area contributed by atoms with Crippen LogP contribution in [-0.4, -0.2) is 78.3 Å². The van der Waals surface area contributed by atoms with Crippen LogP contribution >= 0.6 is 11.6 Å². The Morgan fingerprint density at radius 3 is 2.36 bits per heavy atom. The molecule has 3 heterocycles. The number of β-amino-alcohol motifs (C(OH)–C–C–N with tert-alkyl or cyclic N) is 1. The summed E-state index contributed by atoms with van der Waals surface area (Å²) in [5.74, 6) is 1.21. The molecule has 4 aromatic rings. The van der Waals surface area contributed by atoms with Crippen molar-refractivity contribution in [3.63, 3.8) is 0 Å². The van der Waals surface area contributed by atoms with Crippen LogP contribution in [0.25, 0.3) is 10.9 Å². The summed E-state index contributed by atoms with van der Waals surface area (Å²) < 4.78 is 68.1. The number of halogens is 4.